The van der Waals surface area contributed by atoms with Gasteiger partial charge in [0.2, 0.25) is 0 Å². The van der Waals surface area contributed by atoms with Gasteiger partial charge >= 0.3 is 0 Å². The van der Waals surface area contributed by atoms with E-state index in [1.165, 1.54) is 44.9 Å². The van der Waals surface area contributed by atoms with Crippen molar-refractivity contribution in [3.63, 3.8) is 0 Å². The largest absolute Gasteiger partial charge is 0.393 e. The van der Waals surface area contributed by atoms with Crippen LogP contribution in [0.4, 0.5) is 0 Å². The van der Waals surface area contributed by atoms with Gasteiger partial charge in [-0.2, -0.15) is 0 Å². The molecular weight excluding hydrogens is 370 g/mol. The van der Waals surface area contributed by atoms with Gasteiger partial charge in [0.15, 0.2) is 0 Å². The van der Waals surface area contributed by atoms with Crippen LogP contribution < -0.4 is 5.73 Å². The molecule has 11 atom stereocenters. The molecule has 0 spiro atoms. The number of hydrogen-bond donors (Lipinski definition) is 3. The molecule has 3 heteroatoms. The molecule has 0 saturated heterocycles. The van der Waals surface area contributed by atoms with Gasteiger partial charge in [-0.15, -0.1) is 0 Å². The van der Waals surface area contributed by atoms with E-state index in [1.54, 1.807) is 0 Å². The zero-order chi connectivity index (χ0) is 21.8. The van der Waals surface area contributed by atoms with Crippen LogP contribution in [0.15, 0.2) is 0 Å². The first-order valence-corrected chi connectivity index (χ1v) is 13.2. The normalized spacial score (nSPS) is 51.9. The summed E-state index contributed by atoms with van der Waals surface area (Å²) >= 11 is 0. The summed E-state index contributed by atoms with van der Waals surface area (Å²) in [5.74, 6) is 4.36. The standard InChI is InChI=1S/C27H49NO2/c1-16(2)7-6-8-17(3)19-9-10-20-23-21(12-14-26(19,20)4)27(5)13-11-18(29)15-22(27)25(30)24(23)28/h16-25,29-30H,6-15,28H2,1-5H3/t17-,18+,19-,20+,21+,22?,23+,24+,25+,26-,27-/m1/s1. The summed E-state index contributed by atoms with van der Waals surface area (Å²) in [5.41, 5.74) is 7.41. The molecule has 4 aliphatic rings. The Labute approximate surface area is 185 Å². The molecule has 174 valence electrons. The molecule has 0 aliphatic heterocycles. The second-order valence-electron chi connectivity index (χ2n) is 12.9. The van der Waals surface area contributed by atoms with Crippen molar-refractivity contribution in [2.75, 3.05) is 0 Å². The zero-order valence-corrected chi connectivity index (χ0v) is 20.3. The van der Waals surface area contributed by atoms with Gasteiger partial charge in [0.25, 0.3) is 0 Å². The molecule has 4 fully saturated rings. The molecule has 0 aromatic rings. The molecule has 4 rings (SSSR count). The maximum atomic E-state index is 11.3. The van der Waals surface area contributed by atoms with Crippen molar-refractivity contribution >= 4 is 0 Å². The fourth-order valence-corrected chi connectivity index (χ4v) is 9.35. The van der Waals surface area contributed by atoms with E-state index in [2.05, 4.69) is 34.6 Å². The molecule has 0 aromatic heterocycles. The second kappa shape index (κ2) is 8.34. The highest BCUT2D eigenvalue weighted by atomic mass is 16.3. The van der Waals surface area contributed by atoms with Crippen molar-refractivity contribution in [1.82, 2.24) is 0 Å². The van der Waals surface area contributed by atoms with Crippen molar-refractivity contribution in [3.05, 3.63) is 0 Å². The van der Waals surface area contributed by atoms with Crippen LogP contribution in [0.3, 0.4) is 0 Å². The number of rotatable bonds is 5. The molecular formula is C27H49NO2. The van der Waals surface area contributed by atoms with E-state index in [1.807, 2.05) is 0 Å². The number of aliphatic hydroxyl groups is 2. The Morgan fingerprint density at radius 2 is 1.53 bits per heavy atom. The van der Waals surface area contributed by atoms with Gasteiger partial charge in [-0.3, -0.25) is 0 Å². The predicted octanol–water partition coefficient (Wildman–Crippen LogP) is 5.38. The summed E-state index contributed by atoms with van der Waals surface area (Å²) in [4.78, 5) is 0. The Morgan fingerprint density at radius 3 is 2.23 bits per heavy atom. The third-order valence-corrected chi connectivity index (χ3v) is 11.0. The zero-order valence-electron chi connectivity index (χ0n) is 20.3. The van der Waals surface area contributed by atoms with Crippen LogP contribution in [0.2, 0.25) is 0 Å². The minimum Gasteiger partial charge on any atom is -0.393 e. The second-order valence-corrected chi connectivity index (χ2v) is 12.9. The van der Waals surface area contributed by atoms with Gasteiger partial charge in [0.1, 0.15) is 0 Å². The Bertz CT molecular complexity index is 608. The van der Waals surface area contributed by atoms with Gasteiger partial charge in [-0.05, 0) is 97.2 Å². The van der Waals surface area contributed by atoms with E-state index in [9.17, 15) is 10.2 Å². The molecule has 30 heavy (non-hydrogen) atoms. The van der Waals surface area contributed by atoms with E-state index in [-0.39, 0.29) is 23.5 Å². The van der Waals surface area contributed by atoms with Crippen LogP contribution in [0.25, 0.3) is 0 Å². The quantitative estimate of drug-likeness (QED) is 0.561. The smallest absolute Gasteiger partial charge is 0.0728 e. The van der Waals surface area contributed by atoms with E-state index >= 15 is 0 Å². The van der Waals surface area contributed by atoms with Crippen LogP contribution in [-0.2, 0) is 0 Å². The lowest BCUT2D eigenvalue weighted by Crippen LogP contribution is -2.66. The minimum absolute atomic E-state index is 0.113. The summed E-state index contributed by atoms with van der Waals surface area (Å²) in [6.07, 6.45) is 11.4. The van der Waals surface area contributed by atoms with Crippen molar-refractivity contribution in [2.45, 2.75) is 117 Å². The van der Waals surface area contributed by atoms with Gasteiger partial charge in [-0.25, -0.2) is 0 Å². The Morgan fingerprint density at radius 1 is 0.867 bits per heavy atom. The first-order valence-electron chi connectivity index (χ1n) is 13.2. The third-order valence-electron chi connectivity index (χ3n) is 11.0. The molecule has 4 N–H and O–H groups in total. The molecule has 3 nitrogen and oxygen atoms in total. The van der Waals surface area contributed by atoms with Gasteiger partial charge in [0.05, 0.1) is 12.2 Å². The number of hydrogen-bond acceptors (Lipinski definition) is 3. The average molecular weight is 420 g/mol. The molecule has 0 aromatic carbocycles. The summed E-state index contributed by atoms with van der Waals surface area (Å²) < 4.78 is 0. The van der Waals surface area contributed by atoms with Crippen LogP contribution >= 0.6 is 0 Å². The van der Waals surface area contributed by atoms with Crippen LogP contribution in [0.5, 0.6) is 0 Å². The molecule has 0 amide bonds. The maximum absolute atomic E-state index is 11.3. The van der Waals surface area contributed by atoms with Crippen LogP contribution in [-0.4, -0.2) is 28.5 Å². The summed E-state index contributed by atoms with van der Waals surface area (Å²) in [5, 5.41) is 21.6. The summed E-state index contributed by atoms with van der Waals surface area (Å²) in [7, 11) is 0. The van der Waals surface area contributed by atoms with Crippen molar-refractivity contribution in [2.24, 2.45) is 58.0 Å². The fraction of sp³-hybridized carbons (Fsp3) is 1.00. The van der Waals surface area contributed by atoms with Crippen molar-refractivity contribution < 1.29 is 10.2 Å². The van der Waals surface area contributed by atoms with Crippen molar-refractivity contribution in [3.8, 4) is 0 Å². The van der Waals surface area contributed by atoms with E-state index in [0.29, 0.717) is 23.2 Å². The SMILES string of the molecule is CC(C)CCC[C@@H](C)[C@H]1CC[C@H]2[C@@H]3[C@H](N)[C@@H](O)C4C[C@@H](O)CC[C@]4(C)[C@H]3CC[C@]12C. The number of nitrogens with two attached hydrogens (primary N) is 1. The Hall–Kier alpha value is -0.120. The monoisotopic (exact) mass is 419 g/mol. The van der Waals surface area contributed by atoms with Gasteiger partial charge in [0, 0.05) is 6.04 Å². The topological polar surface area (TPSA) is 66.5 Å². The number of fused-ring (bicyclic) bond motifs is 5. The van der Waals surface area contributed by atoms with Gasteiger partial charge < -0.3 is 15.9 Å². The third kappa shape index (κ3) is 3.59. The van der Waals surface area contributed by atoms with E-state index in [4.69, 9.17) is 5.73 Å². The highest BCUT2D eigenvalue weighted by Crippen LogP contribution is 2.68. The minimum atomic E-state index is -0.448. The molecule has 4 saturated carbocycles. The lowest BCUT2D eigenvalue weighted by molar-refractivity contribution is -0.181. The summed E-state index contributed by atoms with van der Waals surface area (Å²) in [6, 6.07) is -0.113. The van der Waals surface area contributed by atoms with Crippen LogP contribution in [0.1, 0.15) is 98.8 Å². The fourth-order valence-electron chi connectivity index (χ4n) is 9.35. The highest BCUT2D eigenvalue weighted by molar-refractivity contribution is 5.14. The molecule has 0 bridgehead atoms. The van der Waals surface area contributed by atoms with Crippen LogP contribution in [0, 0.1) is 52.3 Å². The molecule has 0 heterocycles. The molecule has 4 aliphatic carbocycles. The lowest BCUT2D eigenvalue weighted by atomic mass is 9.42. The maximum Gasteiger partial charge on any atom is 0.0728 e. The first-order chi connectivity index (χ1) is 14.1. The Kier molecular flexibility index (Phi) is 6.41. The molecule has 0 radical (unpaired) electrons. The average Bonchev–Trinajstić information content (AvgIpc) is 3.04. The molecule has 1 unspecified atom stereocenters. The Balaban J connectivity index is 1.54. The van der Waals surface area contributed by atoms with Crippen molar-refractivity contribution in [1.29, 1.82) is 0 Å². The predicted molar refractivity (Wildman–Crippen MR) is 124 cm³/mol. The highest BCUT2D eigenvalue weighted by Gasteiger charge is 2.64. The summed E-state index contributed by atoms with van der Waals surface area (Å²) in [6.45, 7) is 12.2. The number of aliphatic hydroxyl groups excluding tert-OH is 2. The first kappa shape index (κ1) is 23.1. The lowest BCUT2D eigenvalue weighted by Gasteiger charge is -2.64. The van der Waals surface area contributed by atoms with E-state index in [0.717, 1.165) is 37.0 Å². The van der Waals surface area contributed by atoms with Gasteiger partial charge in [-0.1, -0.05) is 53.9 Å². The van der Waals surface area contributed by atoms with E-state index < -0.39 is 6.10 Å².